The van der Waals surface area contributed by atoms with Crippen LogP contribution in [-0.4, -0.2) is 6.79 Å². The van der Waals surface area contributed by atoms with Gasteiger partial charge in [-0.15, -0.1) is 0 Å². The Morgan fingerprint density at radius 3 is 2.62 bits per heavy atom. The molecule has 0 saturated carbocycles. The quantitative estimate of drug-likeness (QED) is 0.910. The van der Waals surface area contributed by atoms with E-state index in [1.807, 2.05) is 0 Å². The molecule has 3 rings (SSSR count). The maximum atomic E-state index is 9.38. The summed E-state index contributed by atoms with van der Waals surface area (Å²) < 4.78 is 10.6. The monoisotopic (exact) mass is 320 g/mol. The van der Waals surface area contributed by atoms with Gasteiger partial charge in [0.15, 0.2) is 11.5 Å². The molecule has 4 nitrogen and oxygen atoms in total. The van der Waals surface area contributed by atoms with E-state index in [4.69, 9.17) is 32.7 Å². The maximum Gasteiger partial charge on any atom is 0.231 e. The molecular weight excluding hydrogens is 311 g/mol. The van der Waals surface area contributed by atoms with E-state index in [2.05, 4.69) is 11.4 Å². The fraction of sp³-hybridized carbons (Fsp3) is 0.133. The average molecular weight is 321 g/mol. The summed E-state index contributed by atoms with van der Waals surface area (Å²) in [4.78, 5) is 0. The number of nitrogens with zero attached hydrogens (tertiary/aromatic N) is 1. The fourth-order valence-corrected chi connectivity index (χ4v) is 2.46. The van der Waals surface area contributed by atoms with Gasteiger partial charge < -0.3 is 14.8 Å². The molecule has 21 heavy (non-hydrogen) atoms. The van der Waals surface area contributed by atoms with E-state index < -0.39 is 6.04 Å². The summed E-state index contributed by atoms with van der Waals surface area (Å²) in [5.41, 5.74) is 1.50. The van der Waals surface area contributed by atoms with Gasteiger partial charge in [0.25, 0.3) is 0 Å². The number of ether oxygens (including phenoxy) is 2. The second kappa shape index (κ2) is 5.72. The van der Waals surface area contributed by atoms with Crippen molar-refractivity contribution in [3.05, 3.63) is 52.0 Å². The minimum absolute atomic E-state index is 0.139. The molecule has 1 heterocycles. The van der Waals surface area contributed by atoms with E-state index in [0.29, 0.717) is 27.1 Å². The predicted octanol–water partition coefficient (Wildman–Crippen LogP) is 4.40. The van der Waals surface area contributed by atoms with Gasteiger partial charge >= 0.3 is 0 Å². The summed E-state index contributed by atoms with van der Waals surface area (Å²) >= 11 is 12.0. The van der Waals surface area contributed by atoms with Crippen LogP contribution in [0.1, 0.15) is 11.6 Å². The highest BCUT2D eigenvalue weighted by molar-refractivity contribution is 6.32. The first-order valence-electron chi connectivity index (χ1n) is 6.18. The largest absolute Gasteiger partial charge is 0.454 e. The fourth-order valence-electron chi connectivity index (χ4n) is 2.06. The van der Waals surface area contributed by atoms with Gasteiger partial charge in [0.2, 0.25) is 6.79 Å². The zero-order valence-electron chi connectivity index (χ0n) is 10.8. The van der Waals surface area contributed by atoms with Gasteiger partial charge in [0.05, 0.1) is 11.1 Å². The van der Waals surface area contributed by atoms with Gasteiger partial charge in [-0.1, -0.05) is 23.2 Å². The minimum Gasteiger partial charge on any atom is -0.454 e. The first kappa shape index (κ1) is 13.9. The molecular formula is C15H10Cl2N2O2. The van der Waals surface area contributed by atoms with Crippen molar-refractivity contribution in [3.8, 4) is 17.6 Å². The van der Waals surface area contributed by atoms with Crippen molar-refractivity contribution in [3.63, 3.8) is 0 Å². The van der Waals surface area contributed by atoms with E-state index in [0.717, 1.165) is 5.69 Å². The molecule has 1 aliphatic rings. The van der Waals surface area contributed by atoms with E-state index >= 15 is 0 Å². The molecule has 0 bridgehead atoms. The molecule has 1 atom stereocenters. The topological polar surface area (TPSA) is 54.3 Å². The summed E-state index contributed by atoms with van der Waals surface area (Å²) in [5.74, 6) is 1.07. The number of hydrogen-bond donors (Lipinski definition) is 1. The van der Waals surface area contributed by atoms with Crippen LogP contribution in [0.25, 0.3) is 0 Å². The standard InChI is InChI=1S/C15H10Cl2N2O2/c16-10-1-3-11(4-2-10)19-13(7-18)9-5-12(17)15-14(6-9)20-8-21-15/h1-6,13,19H,8H2. The SMILES string of the molecule is N#CC(Nc1ccc(Cl)cc1)c1cc(Cl)c2c(c1)OCO2. The van der Waals surface area contributed by atoms with Crippen molar-refractivity contribution in [2.24, 2.45) is 0 Å². The van der Waals surface area contributed by atoms with Gasteiger partial charge in [0, 0.05) is 10.7 Å². The van der Waals surface area contributed by atoms with Crippen LogP contribution in [0.2, 0.25) is 10.0 Å². The van der Waals surface area contributed by atoms with E-state index in [-0.39, 0.29) is 6.79 Å². The lowest BCUT2D eigenvalue weighted by molar-refractivity contribution is 0.174. The first-order valence-corrected chi connectivity index (χ1v) is 6.94. The van der Waals surface area contributed by atoms with Crippen LogP contribution in [0, 0.1) is 11.3 Å². The number of benzene rings is 2. The highest BCUT2D eigenvalue weighted by atomic mass is 35.5. The summed E-state index contributed by atoms with van der Waals surface area (Å²) in [6, 6.07) is 12.2. The van der Waals surface area contributed by atoms with Crippen LogP contribution in [0.5, 0.6) is 11.5 Å². The Bertz CT molecular complexity index is 711. The lowest BCUT2D eigenvalue weighted by atomic mass is 10.1. The zero-order chi connectivity index (χ0) is 14.8. The van der Waals surface area contributed by atoms with Crippen LogP contribution in [0.3, 0.4) is 0 Å². The van der Waals surface area contributed by atoms with Crippen LogP contribution >= 0.6 is 23.2 Å². The number of nitrogens with one attached hydrogen (secondary N) is 1. The highest BCUT2D eigenvalue weighted by Crippen LogP contribution is 2.41. The molecule has 0 aromatic heterocycles. The summed E-state index contributed by atoms with van der Waals surface area (Å²) in [6.07, 6.45) is 0. The second-order valence-electron chi connectivity index (χ2n) is 4.45. The number of hydrogen-bond acceptors (Lipinski definition) is 4. The zero-order valence-corrected chi connectivity index (χ0v) is 12.3. The van der Waals surface area contributed by atoms with Crippen LogP contribution in [0.15, 0.2) is 36.4 Å². The van der Waals surface area contributed by atoms with Crippen molar-refractivity contribution < 1.29 is 9.47 Å². The third kappa shape index (κ3) is 2.85. The molecule has 0 amide bonds. The molecule has 2 aromatic rings. The lowest BCUT2D eigenvalue weighted by Gasteiger charge is -2.14. The summed E-state index contributed by atoms with van der Waals surface area (Å²) in [5, 5.41) is 13.6. The Morgan fingerprint density at radius 2 is 1.90 bits per heavy atom. The maximum absolute atomic E-state index is 9.38. The minimum atomic E-state index is -0.557. The lowest BCUT2D eigenvalue weighted by Crippen LogP contribution is -2.08. The Kier molecular flexibility index (Phi) is 3.78. The molecule has 0 aliphatic carbocycles. The molecule has 6 heteroatoms. The van der Waals surface area contributed by atoms with Crippen molar-refractivity contribution >= 4 is 28.9 Å². The summed E-state index contributed by atoms with van der Waals surface area (Å²) in [7, 11) is 0. The Balaban J connectivity index is 1.88. The molecule has 2 aromatic carbocycles. The summed E-state index contributed by atoms with van der Waals surface area (Å²) in [6.45, 7) is 0.139. The number of halogens is 2. The smallest absolute Gasteiger partial charge is 0.231 e. The van der Waals surface area contributed by atoms with Gasteiger partial charge in [-0.05, 0) is 42.0 Å². The van der Waals surface area contributed by atoms with Crippen molar-refractivity contribution in [1.82, 2.24) is 0 Å². The van der Waals surface area contributed by atoms with Crippen LogP contribution in [-0.2, 0) is 0 Å². The Morgan fingerprint density at radius 1 is 1.14 bits per heavy atom. The Hall–Kier alpha value is -2.09. The molecule has 1 N–H and O–H groups in total. The van der Waals surface area contributed by atoms with E-state index in [1.54, 1.807) is 36.4 Å². The van der Waals surface area contributed by atoms with Crippen LogP contribution < -0.4 is 14.8 Å². The predicted molar refractivity (Wildman–Crippen MR) is 81.0 cm³/mol. The second-order valence-corrected chi connectivity index (χ2v) is 5.29. The van der Waals surface area contributed by atoms with Gasteiger partial charge in [-0.3, -0.25) is 0 Å². The van der Waals surface area contributed by atoms with Crippen molar-refractivity contribution in [1.29, 1.82) is 5.26 Å². The van der Waals surface area contributed by atoms with Crippen molar-refractivity contribution in [2.75, 3.05) is 12.1 Å². The number of anilines is 1. The van der Waals surface area contributed by atoms with E-state index in [1.165, 1.54) is 0 Å². The molecule has 1 aliphatic heterocycles. The van der Waals surface area contributed by atoms with Gasteiger partial charge in [0.1, 0.15) is 6.04 Å². The molecule has 0 fully saturated rings. The molecule has 0 saturated heterocycles. The Labute approximate surface area is 131 Å². The van der Waals surface area contributed by atoms with Crippen LogP contribution in [0.4, 0.5) is 5.69 Å². The average Bonchev–Trinajstić information content (AvgIpc) is 2.95. The number of nitriles is 1. The molecule has 0 radical (unpaired) electrons. The highest BCUT2D eigenvalue weighted by Gasteiger charge is 2.21. The molecule has 1 unspecified atom stereocenters. The molecule has 0 spiro atoms. The third-order valence-electron chi connectivity index (χ3n) is 3.07. The normalized spacial score (nSPS) is 13.6. The number of rotatable bonds is 3. The van der Waals surface area contributed by atoms with Gasteiger partial charge in [-0.25, -0.2) is 0 Å². The first-order chi connectivity index (χ1) is 10.2. The molecule has 106 valence electrons. The van der Waals surface area contributed by atoms with Crippen molar-refractivity contribution in [2.45, 2.75) is 6.04 Å². The van der Waals surface area contributed by atoms with Gasteiger partial charge in [-0.2, -0.15) is 5.26 Å². The van der Waals surface area contributed by atoms with E-state index in [9.17, 15) is 5.26 Å². The third-order valence-corrected chi connectivity index (χ3v) is 3.60. The number of fused-ring (bicyclic) bond motifs is 1.